The molecule has 4 heteroatoms. The Kier molecular flexibility index (Phi) is 4.19. The van der Waals surface area contributed by atoms with Crippen molar-refractivity contribution >= 4 is 17.3 Å². The fourth-order valence-electron chi connectivity index (χ4n) is 1.75. The van der Waals surface area contributed by atoms with Crippen molar-refractivity contribution < 1.29 is 4.74 Å². The fraction of sp³-hybridized carbons (Fsp3) is 0.312. The van der Waals surface area contributed by atoms with E-state index in [1.807, 2.05) is 18.3 Å². The topological polar surface area (TPSA) is 48.1 Å². The van der Waals surface area contributed by atoms with Crippen molar-refractivity contribution in [3.63, 3.8) is 0 Å². The Morgan fingerprint density at radius 3 is 2.50 bits per heavy atom. The summed E-state index contributed by atoms with van der Waals surface area (Å²) in [5, 5.41) is 0.518. The molecule has 0 aliphatic heterocycles. The molecule has 1 heterocycles. The van der Waals surface area contributed by atoms with Gasteiger partial charge in [-0.1, -0.05) is 38.4 Å². The number of halogens is 1. The average Bonchev–Trinajstić information content (AvgIpc) is 2.37. The number of hydrogen-bond donors (Lipinski definition) is 1. The molecule has 20 heavy (non-hydrogen) atoms. The van der Waals surface area contributed by atoms with Gasteiger partial charge >= 0.3 is 0 Å². The number of hydrogen-bond acceptors (Lipinski definition) is 3. The number of ether oxygens (including phenoxy) is 1. The summed E-state index contributed by atoms with van der Waals surface area (Å²) in [6.07, 6.45) is 1.84. The van der Waals surface area contributed by atoms with E-state index in [0.29, 0.717) is 23.1 Å². The van der Waals surface area contributed by atoms with Crippen LogP contribution >= 0.6 is 11.6 Å². The van der Waals surface area contributed by atoms with Crippen molar-refractivity contribution in [1.82, 2.24) is 4.98 Å². The van der Waals surface area contributed by atoms with Crippen molar-refractivity contribution in [3.05, 3.63) is 52.8 Å². The van der Waals surface area contributed by atoms with E-state index < -0.39 is 0 Å². The number of rotatable bonds is 3. The molecule has 0 bridgehead atoms. The normalized spacial score (nSPS) is 11.4. The minimum atomic E-state index is 0.0552. The van der Waals surface area contributed by atoms with E-state index in [-0.39, 0.29) is 5.41 Å². The van der Waals surface area contributed by atoms with Crippen molar-refractivity contribution in [2.75, 3.05) is 5.73 Å². The van der Waals surface area contributed by atoms with Gasteiger partial charge in [0.05, 0.1) is 5.02 Å². The average molecular weight is 291 g/mol. The van der Waals surface area contributed by atoms with Crippen LogP contribution in [0.2, 0.25) is 5.02 Å². The number of nitrogens with zero attached hydrogens (tertiary/aromatic N) is 1. The van der Waals surface area contributed by atoms with Crippen molar-refractivity contribution in [3.8, 4) is 5.75 Å². The number of nitrogens with two attached hydrogens (primary N) is 1. The van der Waals surface area contributed by atoms with Gasteiger partial charge in [-0.2, -0.15) is 0 Å². The fourth-order valence-corrected chi connectivity index (χ4v) is 1.99. The van der Waals surface area contributed by atoms with Crippen LogP contribution in [-0.2, 0) is 12.0 Å². The second-order valence-electron chi connectivity index (χ2n) is 5.78. The van der Waals surface area contributed by atoms with Crippen LogP contribution in [0.3, 0.4) is 0 Å². The SMILES string of the molecule is CC(C)(C)c1ccc(COc2ccc(N)cc2Cl)cn1. The predicted octanol–water partition coefficient (Wildman–Crippen LogP) is 4.19. The number of pyridine rings is 1. The van der Waals surface area contributed by atoms with Crippen LogP contribution in [0.1, 0.15) is 32.0 Å². The summed E-state index contributed by atoms with van der Waals surface area (Å²) >= 11 is 6.06. The summed E-state index contributed by atoms with van der Waals surface area (Å²) in [5.74, 6) is 0.626. The molecule has 0 saturated heterocycles. The molecule has 2 rings (SSSR count). The Morgan fingerprint density at radius 1 is 1.20 bits per heavy atom. The maximum atomic E-state index is 6.06. The Hall–Kier alpha value is -1.74. The molecule has 0 atom stereocenters. The van der Waals surface area contributed by atoms with Gasteiger partial charge in [0.1, 0.15) is 12.4 Å². The first-order valence-electron chi connectivity index (χ1n) is 6.49. The van der Waals surface area contributed by atoms with Crippen LogP contribution in [0, 0.1) is 0 Å². The zero-order valence-corrected chi connectivity index (χ0v) is 12.7. The molecular formula is C16H19ClN2O. The minimum Gasteiger partial charge on any atom is -0.487 e. The Labute approximate surface area is 124 Å². The van der Waals surface area contributed by atoms with Gasteiger partial charge in [-0.3, -0.25) is 4.98 Å². The number of anilines is 1. The highest BCUT2D eigenvalue weighted by molar-refractivity contribution is 6.32. The highest BCUT2D eigenvalue weighted by Gasteiger charge is 2.14. The molecule has 1 aromatic heterocycles. The van der Waals surface area contributed by atoms with Crippen molar-refractivity contribution in [1.29, 1.82) is 0 Å². The van der Waals surface area contributed by atoms with E-state index in [9.17, 15) is 0 Å². The maximum absolute atomic E-state index is 6.06. The largest absolute Gasteiger partial charge is 0.487 e. The van der Waals surface area contributed by atoms with Gasteiger partial charge in [0.25, 0.3) is 0 Å². The lowest BCUT2D eigenvalue weighted by molar-refractivity contribution is 0.306. The molecule has 0 saturated carbocycles. The van der Waals surface area contributed by atoms with Crippen LogP contribution in [0.4, 0.5) is 5.69 Å². The van der Waals surface area contributed by atoms with Gasteiger partial charge in [-0.25, -0.2) is 0 Å². The summed E-state index contributed by atoms with van der Waals surface area (Å²) in [7, 11) is 0. The monoisotopic (exact) mass is 290 g/mol. The quantitative estimate of drug-likeness (QED) is 0.862. The molecule has 0 radical (unpaired) electrons. The Morgan fingerprint density at radius 2 is 1.95 bits per heavy atom. The number of aromatic nitrogens is 1. The summed E-state index contributed by atoms with van der Waals surface area (Å²) < 4.78 is 5.68. The van der Waals surface area contributed by atoms with Gasteiger partial charge in [0, 0.05) is 28.6 Å². The van der Waals surface area contributed by atoms with E-state index >= 15 is 0 Å². The van der Waals surface area contributed by atoms with Crippen LogP contribution in [0.5, 0.6) is 5.75 Å². The molecule has 0 fully saturated rings. The molecule has 106 valence electrons. The molecular weight excluding hydrogens is 272 g/mol. The molecule has 2 aromatic rings. The van der Waals surface area contributed by atoms with Gasteiger partial charge in [0.2, 0.25) is 0 Å². The second-order valence-corrected chi connectivity index (χ2v) is 6.19. The number of nitrogen functional groups attached to an aromatic ring is 1. The van der Waals surface area contributed by atoms with E-state index in [1.165, 1.54) is 0 Å². The Balaban J connectivity index is 2.04. The van der Waals surface area contributed by atoms with Gasteiger partial charge < -0.3 is 10.5 Å². The van der Waals surface area contributed by atoms with Crippen LogP contribution < -0.4 is 10.5 Å². The third kappa shape index (κ3) is 3.64. The first-order chi connectivity index (χ1) is 9.36. The third-order valence-corrected chi connectivity index (χ3v) is 3.24. The molecule has 0 amide bonds. The zero-order valence-electron chi connectivity index (χ0n) is 12.0. The molecule has 0 aliphatic rings. The Bertz CT molecular complexity index is 588. The lowest BCUT2D eigenvalue weighted by Gasteiger charge is -2.17. The first kappa shape index (κ1) is 14.7. The van der Waals surface area contributed by atoms with Crippen molar-refractivity contribution in [2.24, 2.45) is 0 Å². The van der Waals surface area contributed by atoms with Crippen LogP contribution in [-0.4, -0.2) is 4.98 Å². The van der Waals surface area contributed by atoms with Gasteiger partial charge in [-0.05, 0) is 24.3 Å². The molecule has 0 aliphatic carbocycles. The summed E-state index contributed by atoms with van der Waals surface area (Å²) in [5.41, 5.74) is 8.39. The summed E-state index contributed by atoms with van der Waals surface area (Å²) in [6, 6.07) is 9.27. The van der Waals surface area contributed by atoms with E-state index in [2.05, 4.69) is 25.8 Å². The smallest absolute Gasteiger partial charge is 0.138 e. The minimum absolute atomic E-state index is 0.0552. The standard InChI is InChI=1S/C16H19ClN2O/c1-16(2,3)15-7-4-11(9-19-15)10-20-14-6-5-12(18)8-13(14)17/h4-9H,10,18H2,1-3H3. The van der Waals surface area contributed by atoms with Gasteiger partial charge in [0.15, 0.2) is 0 Å². The molecule has 3 nitrogen and oxygen atoms in total. The first-order valence-corrected chi connectivity index (χ1v) is 6.87. The third-order valence-electron chi connectivity index (χ3n) is 2.94. The van der Waals surface area contributed by atoms with Crippen LogP contribution in [0.25, 0.3) is 0 Å². The summed E-state index contributed by atoms with van der Waals surface area (Å²) in [4.78, 5) is 4.47. The lowest BCUT2D eigenvalue weighted by Crippen LogP contribution is -2.13. The highest BCUT2D eigenvalue weighted by Crippen LogP contribution is 2.27. The molecule has 0 spiro atoms. The highest BCUT2D eigenvalue weighted by atomic mass is 35.5. The predicted molar refractivity (Wildman–Crippen MR) is 83.1 cm³/mol. The van der Waals surface area contributed by atoms with E-state index in [1.54, 1.807) is 18.2 Å². The summed E-state index contributed by atoms with van der Waals surface area (Å²) in [6.45, 7) is 6.85. The van der Waals surface area contributed by atoms with Crippen LogP contribution in [0.15, 0.2) is 36.5 Å². The molecule has 2 N–H and O–H groups in total. The lowest BCUT2D eigenvalue weighted by atomic mass is 9.91. The van der Waals surface area contributed by atoms with Crippen molar-refractivity contribution in [2.45, 2.75) is 32.8 Å². The maximum Gasteiger partial charge on any atom is 0.138 e. The second kappa shape index (κ2) is 5.71. The number of benzene rings is 1. The van der Waals surface area contributed by atoms with Gasteiger partial charge in [-0.15, -0.1) is 0 Å². The van der Waals surface area contributed by atoms with E-state index in [0.717, 1.165) is 11.3 Å². The van der Waals surface area contributed by atoms with E-state index in [4.69, 9.17) is 22.1 Å². The zero-order chi connectivity index (χ0) is 14.8. The molecule has 1 aromatic carbocycles. The molecule has 0 unspecified atom stereocenters.